The number of aromatic nitrogens is 1. The van der Waals surface area contributed by atoms with Crippen molar-refractivity contribution in [3.05, 3.63) is 58.6 Å². The topological polar surface area (TPSA) is 88.6 Å². The molecule has 2 aromatic carbocycles. The Bertz CT molecular complexity index is 1200. The summed E-state index contributed by atoms with van der Waals surface area (Å²) in [6.07, 6.45) is 0. The third-order valence-corrected chi connectivity index (χ3v) is 7.50. The van der Waals surface area contributed by atoms with Crippen molar-refractivity contribution >= 4 is 33.0 Å². The Balaban J connectivity index is 1.85. The molecular weight excluding hydrogens is 434 g/mol. The number of thiazole rings is 1. The SMILES string of the molecule is CCOc1ccc(-c2nc(C(=O)Nc3cc(S(=O)(=O)N(C)C)cc(C)c3C)cs2)cc1. The lowest BCUT2D eigenvalue weighted by Crippen LogP contribution is -2.23. The van der Waals surface area contributed by atoms with Gasteiger partial charge in [0.25, 0.3) is 5.91 Å². The van der Waals surface area contributed by atoms with Gasteiger partial charge in [0.05, 0.1) is 11.5 Å². The Hall–Kier alpha value is -2.75. The van der Waals surface area contributed by atoms with Crippen LogP contribution in [0.4, 0.5) is 5.69 Å². The first-order valence-electron chi connectivity index (χ1n) is 9.67. The predicted molar refractivity (Wildman–Crippen MR) is 123 cm³/mol. The van der Waals surface area contributed by atoms with Crippen molar-refractivity contribution in [2.24, 2.45) is 0 Å². The average molecular weight is 460 g/mol. The summed E-state index contributed by atoms with van der Waals surface area (Å²) in [4.78, 5) is 17.4. The molecule has 0 bridgehead atoms. The second kappa shape index (κ2) is 9.17. The van der Waals surface area contributed by atoms with Crippen LogP contribution in [0.2, 0.25) is 0 Å². The summed E-state index contributed by atoms with van der Waals surface area (Å²) in [7, 11) is -0.675. The summed E-state index contributed by atoms with van der Waals surface area (Å²) in [5.41, 5.74) is 3.17. The zero-order chi connectivity index (χ0) is 22.8. The van der Waals surface area contributed by atoms with E-state index in [0.29, 0.717) is 17.3 Å². The van der Waals surface area contributed by atoms with E-state index in [1.165, 1.54) is 31.5 Å². The molecule has 0 saturated heterocycles. The number of ether oxygens (including phenoxy) is 1. The van der Waals surface area contributed by atoms with Gasteiger partial charge in [0.1, 0.15) is 16.5 Å². The predicted octanol–water partition coefficient (Wildman–Crippen LogP) is 4.33. The lowest BCUT2D eigenvalue weighted by molar-refractivity contribution is 0.102. The lowest BCUT2D eigenvalue weighted by atomic mass is 10.1. The third kappa shape index (κ3) is 4.95. The first-order chi connectivity index (χ1) is 14.6. The van der Waals surface area contributed by atoms with Crippen LogP contribution in [0.1, 0.15) is 28.5 Å². The molecule has 0 aliphatic heterocycles. The number of hydrogen-bond donors (Lipinski definition) is 1. The smallest absolute Gasteiger partial charge is 0.275 e. The van der Waals surface area contributed by atoms with Crippen LogP contribution in [-0.4, -0.2) is 44.3 Å². The van der Waals surface area contributed by atoms with Gasteiger partial charge in [0.15, 0.2) is 0 Å². The number of nitrogens with zero attached hydrogens (tertiary/aromatic N) is 2. The first kappa shape index (κ1) is 22.9. The van der Waals surface area contributed by atoms with Crippen LogP contribution in [0.15, 0.2) is 46.7 Å². The molecule has 0 aliphatic rings. The number of benzene rings is 2. The highest BCUT2D eigenvalue weighted by atomic mass is 32.2. The third-order valence-electron chi connectivity index (χ3n) is 4.82. The van der Waals surface area contributed by atoms with Crippen LogP contribution in [0, 0.1) is 13.8 Å². The molecule has 1 N–H and O–H groups in total. The quantitative estimate of drug-likeness (QED) is 0.568. The van der Waals surface area contributed by atoms with E-state index in [4.69, 9.17) is 4.74 Å². The van der Waals surface area contributed by atoms with Gasteiger partial charge in [-0.2, -0.15) is 0 Å². The van der Waals surface area contributed by atoms with E-state index in [-0.39, 0.29) is 10.6 Å². The normalized spacial score (nSPS) is 11.5. The molecule has 0 radical (unpaired) electrons. The van der Waals surface area contributed by atoms with Crippen molar-refractivity contribution in [1.82, 2.24) is 9.29 Å². The van der Waals surface area contributed by atoms with Gasteiger partial charge in [-0.3, -0.25) is 4.79 Å². The molecule has 1 heterocycles. The number of carbonyl (C=O) groups excluding carboxylic acids is 1. The Labute approximate surface area is 186 Å². The molecule has 0 atom stereocenters. The molecule has 0 fully saturated rings. The van der Waals surface area contributed by atoms with Crippen LogP contribution in [-0.2, 0) is 10.0 Å². The van der Waals surface area contributed by atoms with Crippen LogP contribution < -0.4 is 10.1 Å². The molecule has 31 heavy (non-hydrogen) atoms. The minimum atomic E-state index is -3.62. The van der Waals surface area contributed by atoms with Crippen molar-refractivity contribution in [3.8, 4) is 16.3 Å². The van der Waals surface area contributed by atoms with E-state index >= 15 is 0 Å². The van der Waals surface area contributed by atoms with Gasteiger partial charge in [-0.05, 0) is 68.3 Å². The highest BCUT2D eigenvalue weighted by Crippen LogP contribution is 2.28. The van der Waals surface area contributed by atoms with Gasteiger partial charge in [0.2, 0.25) is 10.0 Å². The number of nitrogens with one attached hydrogen (secondary N) is 1. The number of aryl methyl sites for hydroxylation is 1. The highest BCUT2D eigenvalue weighted by Gasteiger charge is 2.21. The fourth-order valence-electron chi connectivity index (χ4n) is 2.87. The van der Waals surface area contributed by atoms with Crippen molar-refractivity contribution in [3.63, 3.8) is 0 Å². The van der Waals surface area contributed by atoms with E-state index < -0.39 is 15.9 Å². The summed E-state index contributed by atoms with van der Waals surface area (Å²) in [5, 5.41) is 5.21. The van der Waals surface area contributed by atoms with Gasteiger partial charge < -0.3 is 10.1 Å². The Morgan fingerprint density at radius 3 is 2.45 bits per heavy atom. The van der Waals surface area contributed by atoms with E-state index in [0.717, 1.165) is 26.7 Å². The molecule has 0 spiro atoms. The molecule has 3 aromatic rings. The Kier molecular flexibility index (Phi) is 6.78. The monoisotopic (exact) mass is 459 g/mol. The maximum absolute atomic E-state index is 12.8. The summed E-state index contributed by atoms with van der Waals surface area (Å²) in [5.74, 6) is 0.384. The molecule has 164 valence electrons. The molecule has 7 nitrogen and oxygen atoms in total. The fourth-order valence-corrected chi connectivity index (χ4v) is 4.69. The molecule has 0 unspecified atom stereocenters. The molecule has 0 aliphatic carbocycles. The zero-order valence-corrected chi connectivity index (χ0v) is 19.7. The van der Waals surface area contributed by atoms with Crippen molar-refractivity contribution < 1.29 is 17.9 Å². The van der Waals surface area contributed by atoms with E-state index in [2.05, 4.69) is 10.3 Å². The van der Waals surface area contributed by atoms with Gasteiger partial charge >= 0.3 is 0 Å². The van der Waals surface area contributed by atoms with Gasteiger partial charge in [-0.25, -0.2) is 17.7 Å². The standard InChI is InChI=1S/C22H25N3O4S2/c1-6-29-17-9-7-16(8-10-17)22-24-20(13-30-22)21(26)23-19-12-18(11-14(2)15(19)3)31(27,28)25(4)5/h7-13H,6H2,1-5H3,(H,23,26). The summed E-state index contributed by atoms with van der Waals surface area (Å²) < 4.78 is 31.6. The summed E-state index contributed by atoms with van der Waals surface area (Å²) >= 11 is 1.36. The van der Waals surface area contributed by atoms with Crippen molar-refractivity contribution in [2.45, 2.75) is 25.7 Å². The number of anilines is 1. The van der Waals surface area contributed by atoms with Gasteiger partial charge in [-0.1, -0.05) is 0 Å². The molecule has 1 amide bonds. The number of amides is 1. The largest absolute Gasteiger partial charge is 0.494 e. The minimum Gasteiger partial charge on any atom is -0.494 e. The second-order valence-electron chi connectivity index (χ2n) is 7.15. The van der Waals surface area contributed by atoms with E-state index in [1.54, 1.807) is 11.4 Å². The van der Waals surface area contributed by atoms with Crippen molar-refractivity contribution in [1.29, 1.82) is 0 Å². The van der Waals surface area contributed by atoms with Crippen LogP contribution in [0.3, 0.4) is 0 Å². The summed E-state index contributed by atoms with van der Waals surface area (Å²) in [6.45, 7) is 6.17. The zero-order valence-electron chi connectivity index (χ0n) is 18.1. The maximum Gasteiger partial charge on any atom is 0.275 e. The second-order valence-corrected chi connectivity index (χ2v) is 10.2. The van der Waals surface area contributed by atoms with E-state index in [1.807, 2.05) is 45.0 Å². The fraction of sp³-hybridized carbons (Fsp3) is 0.273. The van der Waals surface area contributed by atoms with Crippen LogP contribution in [0.5, 0.6) is 5.75 Å². The first-order valence-corrected chi connectivity index (χ1v) is 12.0. The molecule has 1 aromatic heterocycles. The molecular formula is C22H25N3O4S2. The van der Waals surface area contributed by atoms with Crippen LogP contribution in [0.25, 0.3) is 10.6 Å². The Morgan fingerprint density at radius 1 is 1.16 bits per heavy atom. The minimum absolute atomic E-state index is 0.129. The molecule has 3 rings (SSSR count). The number of carbonyl (C=O) groups is 1. The van der Waals surface area contributed by atoms with E-state index in [9.17, 15) is 13.2 Å². The van der Waals surface area contributed by atoms with Crippen molar-refractivity contribution in [2.75, 3.05) is 26.0 Å². The average Bonchev–Trinajstić information content (AvgIpc) is 3.22. The van der Waals surface area contributed by atoms with Gasteiger partial charge in [0, 0.05) is 30.7 Å². The number of sulfonamides is 1. The maximum atomic E-state index is 12.8. The molecule has 9 heteroatoms. The lowest BCUT2D eigenvalue weighted by Gasteiger charge is -2.16. The Morgan fingerprint density at radius 2 is 1.84 bits per heavy atom. The summed E-state index contributed by atoms with van der Waals surface area (Å²) in [6, 6.07) is 10.6. The highest BCUT2D eigenvalue weighted by molar-refractivity contribution is 7.89. The molecule has 0 saturated carbocycles. The number of hydrogen-bond acceptors (Lipinski definition) is 6. The van der Waals surface area contributed by atoms with Crippen LogP contribution >= 0.6 is 11.3 Å². The number of rotatable bonds is 7. The van der Waals surface area contributed by atoms with Gasteiger partial charge in [-0.15, -0.1) is 11.3 Å².